The Labute approximate surface area is 164 Å². The van der Waals surface area contributed by atoms with E-state index in [1.54, 1.807) is 0 Å². The first-order valence-corrected chi connectivity index (χ1v) is 11.0. The Hall–Kier alpha value is -1.71. The van der Waals surface area contributed by atoms with Crippen molar-refractivity contribution in [1.29, 1.82) is 0 Å². The average Bonchev–Trinajstić information content (AvgIpc) is 3.37. The van der Waals surface area contributed by atoms with Gasteiger partial charge in [0.15, 0.2) is 0 Å². The topological polar surface area (TPSA) is 84.9 Å². The Bertz CT molecular complexity index is 865. The molecule has 28 heavy (non-hydrogen) atoms. The number of benzene rings is 1. The van der Waals surface area contributed by atoms with Crippen LogP contribution in [0.4, 0.5) is 4.39 Å². The van der Waals surface area contributed by atoms with E-state index in [0.29, 0.717) is 25.4 Å². The van der Waals surface area contributed by atoms with Gasteiger partial charge in [-0.1, -0.05) is 0 Å². The minimum atomic E-state index is -3.87. The minimum absolute atomic E-state index is 0.0332. The summed E-state index contributed by atoms with van der Waals surface area (Å²) in [6.45, 7) is 1.61. The molecule has 1 amide bonds. The Morgan fingerprint density at radius 1 is 1.36 bits per heavy atom. The highest BCUT2D eigenvalue weighted by atomic mass is 32.2. The first-order valence-electron chi connectivity index (χ1n) is 9.56. The molecule has 2 heterocycles. The number of ether oxygens (including phenoxy) is 2. The van der Waals surface area contributed by atoms with Gasteiger partial charge in [0.1, 0.15) is 16.5 Å². The number of halogens is 1. The van der Waals surface area contributed by atoms with Crippen molar-refractivity contribution < 1.29 is 27.1 Å². The summed E-state index contributed by atoms with van der Waals surface area (Å²) < 4.78 is 51.5. The maximum Gasteiger partial charge on any atom is 0.247 e. The molecule has 1 aromatic rings. The molecule has 1 spiro atoms. The molecular weight excluding hydrogens is 387 g/mol. The number of nitrogens with zero attached hydrogens (tertiary/aromatic N) is 1. The third-order valence-electron chi connectivity index (χ3n) is 5.72. The number of hydrogen-bond donors (Lipinski definition) is 1. The third-order valence-corrected chi connectivity index (χ3v) is 7.53. The molecule has 1 aromatic carbocycles. The second-order valence-corrected chi connectivity index (χ2v) is 9.99. The molecular formula is C19H25FN2O5S. The van der Waals surface area contributed by atoms with Gasteiger partial charge in [0.25, 0.3) is 0 Å². The molecule has 4 rings (SSSR count). The van der Waals surface area contributed by atoms with Crippen LogP contribution in [0.3, 0.4) is 0 Å². The quantitative estimate of drug-likeness (QED) is 0.734. The predicted molar refractivity (Wildman–Crippen MR) is 98.9 cm³/mol. The molecule has 0 unspecified atom stereocenters. The highest BCUT2D eigenvalue weighted by Gasteiger charge is 2.54. The van der Waals surface area contributed by atoms with Crippen molar-refractivity contribution in [3.8, 4) is 5.75 Å². The van der Waals surface area contributed by atoms with Crippen molar-refractivity contribution in [1.82, 2.24) is 9.62 Å². The number of nitrogens with one attached hydrogen (secondary N) is 1. The van der Waals surface area contributed by atoms with E-state index < -0.39 is 21.4 Å². The molecule has 154 valence electrons. The number of carbonyl (C=O) groups excluding carboxylic acids is 1. The summed E-state index contributed by atoms with van der Waals surface area (Å²) >= 11 is 0. The molecule has 0 bridgehead atoms. The van der Waals surface area contributed by atoms with Crippen molar-refractivity contribution in [3.05, 3.63) is 24.0 Å². The lowest BCUT2D eigenvalue weighted by atomic mass is 9.87. The number of carbonyl (C=O) groups is 1. The van der Waals surface area contributed by atoms with Gasteiger partial charge in [-0.2, -0.15) is 4.31 Å². The first-order chi connectivity index (χ1) is 13.3. The fourth-order valence-corrected chi connectivity index (χ4v) is 5.72. The summed E-state index contributed by atoms with van der Waals surface area (Å²) in [4.78, 5) is 11.9. The van der Waals surface area contributed by atoms with Crippen LogP contribution in [0.5, 0.6) is 5.75 Å². The van der Waals surface area contributed by atoms with Crippen molar-refractivity contribution in [3.63, 3.8) is 0 Å². The van der Waals surface area contributed by atoms with E-state index in [1.165, 1.54) is 30.3 Å². The second kappa shape index (κ2) is 7.27. The van der Waals surface area contributed by atoms with Gasteiger partial charge >= 0.3 is 0 Å². The monoisotopic (exact) mass is 412 g/mol. The number of sulfonamides is 1. The van der Waals surface area contributed by atoms with Crippen LogP contribution in [0.2, 0.25) is 0 Å². The summed E-state index contributed by atoms with van der Waals surface area (Å²) in [5.74, 6) is 0.239. The van der Waals surface area contributed by atoms with Gasteiger partial charge in [-0.15, -0.1) is 0 Å². The van der Waals surface area contributed by atoms with E-state index in [2.05, 4.69) is 5.32 Å². The summed E-state index contributed by atoms with van der Waals surface area (Å²) in [7, 11) is -2.52. The molecule has 1 N–H and O–H groups in total. The maximum atomic E-state index is 13.6. The highest BCUT2D eigenvalue weighted by Crippen LogP contribution is 2.42. The fraction of sp³-hybridized carbons (Fsp3) is 0.632. The predicted octanol–water partition coefficient (Wildman–Crippen LogP) is 1.53. The molecule has 2 saturated heterocycles. The van der Waals surface area contributed by atoms with Crippen LogP contribution in [0.1, 0.15) is 25.7 Å². The van der Waals surface area contributed by atoms with E-state index in [4.69, 9.17) is 9.47 Å². The van der Waals surface area contributed by atoms with Crippen molar-refractivity contribution in [2.45, 2.75) is 36.2 Å². The molecule has 7 nitrogen and oxygen atoms in total. The van der Waals surface area contributed by atoms with Crippen LogP contribution >= 0.6 is 0 Å². The number of rotatable bonds is 7. The summed E-state index contributed by atoms with van der Waals surface area (Å²) in [5.41, 5.74) is -0.547. The van der Waals surface area contributed by atoms with Gasteiger partial charge in [-0.25, -0.2) is 12.8 Å². The third kappa shape index (κ3) is 3.88. The van der Waals surface area contributed by atoms with E-state index in [-0.39, 0.29) is 35.6 Å². The number of hydrogen-bond acceptors (Lipinski definition) is 5. The van der Waals surface area contributed by atoms with Gasteiger partial charge in [-0.05, 0) is 49.3 Å². The minimum Gasteiger partial charge on any atom is -0.495 e. The first kappa shape index (κ1) is 19.6. The summed E-state index contributed by atoms with van der Waals surface area (Å²) in [6.07, 6.45) is 3.43. The van der Waals surface area contributed by atoms with E-state index in [0.717, 1.165) is 18.7 Å². The van der Waals surface area contributed by atoms with Gasteiger partial charge in [0, 0.05) is 26.1 Å². The van der Waals surface area contributed by atoms with Crippen molar-refractivity contribution >= 4 is 15.9 Å². The van der Waals surface area contributed by atoms with Gasteiger partial charge in [0.2, 0.25) is 15.9 Å². The second-order valence-electron chi connectivity index (χ2n) is 8.08. The number of amides is 1. The molecule has 2 aliphatic heterocycles. The zero-order chi connectivity index (χ0) is 19.9. The van der Waals surface area contributed by atoms with Gasteiger partial charge < -0.3 is 14.8 Å². The molecule has 0 radical (unpaired) electrons. The fourth-order valence-electron chi connectivity index (χ4n) is 3.96. The van der Waals surface area contributed by atoms with E-state index in [9.17, 15) is 17.6 Å². The Morgan fingerprint density at radius 3 is 2.79 bits per heavy atom. The van der Waals surface area contributed by atoms with Crippen molar-refractivity contribution in [2.24, 2.45) is 11.8 Å². The normalized spacial score (nSPS) is 24.1. The van der Waals surface area contributed by atoms with Crippen LogP contribution < -0.4 is 10.1 Å². The molecule has 3 aliphatic rings. The van der Waals surface area contributed by atoms with Crippen LogP contribution in [0.25, 0.3) is 0 Å². The highest BCUT2D eigenvalue weighted by molar-refractivity contribution is 7.89. The maximum absolute atomic E-state index is 13.6. The molecule has 0 aromatic heterocycles. The van der Waals surface area contributed by atoms with Crippen LogP contribution in [-0.2, 0) is 19.6 Å². The largest absolute Gasteiger partial charge is 0.495 e. The summed E-state index contributed by atoms with van der Waals surface area (Å²) in [6, 6.07) is 3.44. The van der Waals surface area contributed by atoms with Crippen molar-refractivity contribution in [2.75, 3.05) is 33.4 Å². The average molecular weight is 412 g/mol. The van der Waals surface area contributed by atoms with Gasteiger partial charge in [0.05, 0.1) is 19.3 Å². The molecule has 9 heteroatoms. The van der Waals surface area contributed by atoms with Crippen LogP contribution in [0.15, 0.2) is 23.1 Å². The molecule has 3 fully saturated rings. The number of methoxy groups -OCH3 is 1. The summed E-state index contributed by atoms with van der Waals surface area (Å²) in [5, 5.41) is 2.96. The van der Waals surface area contributed by atoms with E-state index >= 15 is 0 Å². The zero-order valence-corrected chi connectivity index (χ0v) is 16.6. The molecule has 1 atom stereocenters. The molecule has 1 aliphatic carbocycles. The molecule has 1 saturated carbocycles. The Balaban J connectivity index is 1.35. The van der Waals surface area contributed by atoms with E-state index in [1.807, 2.05) is 0 Å². The standard InChI is InChI=1S/C19H25FN2O5S/c1-26-16-5-4-15(20)7-17(16)28(24,25)22-11-19(12-22)8-14(10-27-19)6-18(23)21-9-13-2-3-13/h4-5,7,13-14H,2-3,6,8-12H2,1H3,(H,21,23)/t14-/m0/s1. The lowest BCUT2D eigenvalue weighted by molar-refractivity contribution is -0.122. The zero-order valence-electron chi connectivity index (χ0n) is 15.8. The van der Waals surface area contributed by atoms with Crippen LogP contribution in [-0.4, -0.2) is 57.6 Å². The Kier molecular flexibility index (Phi) is 5.09. The lowest BCUT2D eigenvalue weighted by Crippen LogP contribution is -2.63. The lowest BCUT2D eigenvalue weighted by Gasteiger charge is -2.46. The van der Waals surface area contributed by atoms with Gasteiger partial charge in [-0.3, -0.25) is 4.79 Å². The smallest absolute Gasteiger partial charge is 0.247 e. The Morgan fingerprint density at radius 2 is 2.11 bits per heavy atom. The SMILES string of the molecule is COc1ccc(F)cc1S(=O)(=O)N1CC2(C[C@H](CC(=O)NCC3CC3)CO2)C1. The van der Waals surface area contributed by atoms with Crippen LogP contribution in [0, 0.1) is 17.7 Å².